The highest BCUT2D eigenvalue weighted by molar-refractivity contribution is 9.10. The Bertz CT molecular complexity index is 704. The molecule has 25 heavy (non-hydrogen) atoms. The number of amides is 1. The van der Waals surface area contributed by atoms with Crippen LogP contribution in [0.5, 0.6) is 0 Å². The number of carbonyl (C=O) groups is 1. The van der Waals surface area contributed by atoms with Crippen LogP contribution in [0, 0.1) is 0 Å². The van der Waals surface area contributed by atoms with E-state index in [9.17, 15) is 4.79 Å². The number of benzene rings is 2. The van der Waals surface area contributed by atoms with E-state index in [1.165, 1.54) is 5.56 Å². The molecule has 132 valence electrons. The number of rotatable bonds is 7. The number of hydrogen-bond donors (Lipinski definition) is 3. The summed E-state index contributed by atoms with van der Waals surface area (Å²) in [6, 6.07) is 17.6. The summed E-state index contributed by atoms with van der Waals surface area (Å²) in [6.07, 6.45) is 0.932. The number of hydrogen-bond acceptors (Lipinski definition) is 2. The summed E-state index contributed by atoms with van der Waals surface area (Å²) in [7, 11) is 1.73. The number of aliphatic imine (C=N–C) groups is 1. The lowest BCUT2D eigenvalue weighted by atomic mass is 10.1. The lowest BCUT2D eigenvalue weighted by Gasteiger charge is -2.12. The van der Waals surface area contributed by atoms with E-state index in [4.69, 9.17) is 0 Å². The molecule has 0 saturated heterocycles. The SMILES string of the molecule is CN=C(NCCNC(=O)c1cccc(Br)c1)NCCc1ccccc1. The van der Waals surface area contributed by atoms with E-state index in [0.717, 1.165) is 23.4 Å². The Kier molecular flexibility index (Phi) is 7.98. The average Bonchev–Trinajstić information content (AvgIpc) is 2.64. The molecule has 3 N–H and O–H groups in total. The molecular formula is C19H23BrN4O. The van der Waals surface area contributed by atoms with Crippen molar-refractivity contribution in [3.63, 3.8) is 0 Å². The third kappa shape index (κ3) is 6.97. The van der Waals surface area contributed by atoms with Gasteiger partial charge in [0.15, 0.2) is 5.96 Å². The minimum Gasteiger partial charge on any atom is -0.356 e. The highest BCUT2D eigenvalue weighted by atomic mass is 79.9. The second kappa shape index (κ2) is 10.5. The van der Waals surface area contributed by atoms with Crippen LogP contribution in [0.25, 0.3) is 0 Å². The first-order valence-electron chi connectivity index (χ1n) is 8.21. The Morgan fingerprint density at radius 3 is 2.40 bits per heavy atom. The molecule has 0 heterocycles. The van der Waals surface area contributed by atoms with Gasteiger partial charge in [0.25, 0.3) is 5.91 Å². The molecule has 0 bridgehead atoms. The maximum atomic E-state index is 12.0. The number of halogens is 1. The Morgan fingerprint density at radius 1 is 0.960 bits per heavy atom. The molecule has 0 spiro atoms. The summed E-state index contributed by atoms with van der Waals surface area (Å²) in [5.41, 5.74) is 1.92. The van der Waals surface area contributed by atoms with Crippen molar-refractivity contribution in [2.75, 3.05) is 26.7 Å². The first-order valence-corrected chi connectivity index (χ1v) is 9.00. The van der Waals surface area contributed by atoms with Crippen LogP contribution in [0.2, 0.25) is 0 Å². The Hall–Kier alpha value is -2.34. The van der Waals surface area contributed by atoms with E-state index in [1.54, 1.807) is 19.2 Å². The minimum absolute atomic E-state index is 0.0878. The lowest BCUT2D eigenvalue weighted by molar-refractivity contribution is 0.0954. The largest absolute Gasteiger partial charge is 0.356 e. The molecule has 0 radical (unpaired) electrons. The van der Waals surface area contributed by atoms with Gasteiger partial charge in [0.05, 0.1) is 0 Å². The summed E-state index contributed by atoms with van der Waals surface area (Å²) >= 11 is 3.37. The molecule has 0 aromatic heterocycles. The zero-order valence-electron chi connectivity index (χ0n) is 14.3. The topological polar surface area (TPSA) is 65.5 Å². The summed E-state index contributed by atoms with van der Waals surface area (Å²) in [5.74, 6) is 0.641. The van der Waals surface area contributed by atoms with Crippen molar-refractivity contribution in [3.05, 3.63) is 70.2 Å². The van der Waals surface area contributed by atoms with Gasteiger partial charge >= 0.3 is 0 Å². The fourth-order valence-electron chi connectivity index (χ4n) is 2.28. The molecule has 5 nitrogen and oxygen atoms in total. The Labute approximate surface area is 157 Å². The fourth-order valence-corrected chi connectivity index (χ4v) is 2.68. The first-order chi connectivity index (χ1) is 12.2. The van der Waals surface area contributed by atoms with Gasteiger partial charge in [-0.05, 0) is 30.2 Å². The standard InChI is InChI=1S/C19H23BrN4O/c1-21-19(23-11-10-15-6-3-2-4-7-15)24-13-12-22-18(25)16-8-5-9-17(20)14-16/h2-9,14H,10-13H2,1H3,(H,22,25)(H2,21,23,24). The van der Waals surface area contributed by atoms with Crippen LogP contribution in [0.15, 0.2) is 64.1 Å². The van der Waals surface area contributed by atoms with Crippen LogP contribution in [0.3, 0.4) is 0 Å². The number of nitrogens with one attached hydrogen (secondary N) is 3. The van der Waals surface area contributed by atoms with Crippen LogP contribution >= 0.6 is 15.9 Å². The Morgan fingerprint density at radius 2 is 1.68 bits per heavy atom. The quantitative estimate of drug-likeness (QED) is 0.378. The summed E-state index contributed by atoms with van der Waals surface area (Å²) in [6.45, 7) is 1.92. The zero-order valence-corrected chi connectivity index (χ0v) is 15.8. The summed E-state index contributed by atoms with van der Waals surface area (Å²) in [4.78, 5) is 16.2. The van der Waals surface area contributed by atoms with Gasteiger partial charge in [-0.1, -0.05) is 52.3 Å². The van der Waals surface area contributed by atoms with Crippen LogP contribution in [0.1, 0.15) is 15.9 Å². The summed E-state index contributed by atoms with van der Waals surface area (Å²) < 4.78 is 0.890. The van der Waals surface area contributed by atoms with Crippen molar-refractivity contribution in [2.45, 2.75) is 6.42 Å². The van der Waals surface area contributed by atoms with Gasteiger partial charge < -0.3 is 16.0 Å². The predicted molar refractivity (Wildman–Crippen MR) is 106 cm³/mol. The summed E-state index contributed by atoms with van der Waals surface area (Å²) in [5, 5.41) is 9.34. The number of nitrogens with zero attached hydrogens (tertiary/aromatic N) is 1. The average molecular weight is 403 g/mol. The van der Waals surface area contributed by atoms with Gasteiger partial charge in [-0.2, -0.15) is 0 Å². The van der Waals surface area contributed by atoms with Crippen molar-refractivity contribution in [3.8, 4) is 0 Å². The van der Waals surface area contributed by atoms with Crippen LogP contribution in [-0.4, -0.2) is 38.5 Å². The maximum absolute atomic E-state index is 12.0. The van der Waals surface area contributed by atoms with E-state index in [-0.39, 0.29) is 5.91 Å². The van der Waals surface area contributed by atoms with Crippen LogP contribution in [-0.2, 0) is 6.42 Å². The van der Waals surface area contributed by atoms with Crippen molar-refractivity contribution in [1.29, 1.82) is 0 Å². The zero-order chi connectivity index (χ0) is 17.9. The van der Waals surface area contributed by atoms with Crippen LogP contribution < -0.4 is 16.0 Å². The van der Waals surface area contributed by atoms with E-state index in [0.29, 0.717) is 18.7 Å². The highest BCUT2D eigenvalue weighted by Crippen LogP contribution is 2.11. The van der Waals surface area contributed by atoms with Gasteiger partial charge in [-0.25, -0.2) is 0 Å². The monoisotopic (exact) mass is 402 g/mol. The van der Waals surface area contributed by atoms with Crippen LogP contribution in [0.4, 0.5) is 0 Å². The minimum atomic E-state index is -0.0878. The molecule has 2 rings (SSSR count). The highest BCUT2D eigenvalue weighted by Gasteiger charge is 2.05. The van der Waals surface area contributed by atoms with Crippen molar-refractivity contribution >= 4 is 27.8 Å². The fraction of sp³-hybridized carbons (Fsp3) is 0.263. The molecule has 6 heteroatoms. The number of carbonyl (C=O) groups excluding carboxylic acids is 1. The molecule has 0 atom stereocenters. The molecule has 0 fully saturated rings. The molecule has 0 aliphatic carbocycles. The second-order valence-electron chi connectivity index (χ2n) is 5.43. The van der Waals surface area contributed by atoms with E-state index < -0.39 is 0 Å². The third-order valence-corrected chi connectivity index (χ3v) is 4.06. The van der Waals surface area contributed by atoms with E-state index in [2.05, 4.69) is 49.0 Å². The Balaban J connectivity index is 1.64. The van der Waals surface area contributed by atoms with Gasteiger partial charge in [0, 0.05) is 36.7 Å². The molecule has 0 aliphatic heterocycles. The maximum Gasteiger partial charge on any atom is 0.251 e. The van der Waals surface area contributed by atoms with Gasteiger partial charge in [-0.3, -0.25) is 9.79 Å². The normalized spacial score (nSPS) is 11.0. The molecule has 0 saturated carbocycles. The molecule has 0 unspecified atom stereocenters. The lowest BCUT2D eigenvalue weighted by Crippen LogP contribution is -2.42. The van der Waals surface area contributed by atoms with Gasteiger partial charge in [0.1, 0.15) is 0 Å². The second-order valence-corrected chi connectivity index (χ2v) is 6.34. The molecule has 2 aromatic rings. The third-order valence-electron chi connectivity index (χ3n) is 3.56. The predicted octanol–water partition coefficient (Wildman–Crippen LogP) is 2.59. The molecule has 1 amide bonds. The van der Waals surface area contributed by atoms with Crippen molar-refractivity contribution in [2.24, 2.45) is 4.99 Å². The van der Waals surface area contributed by atoms with Crippen molar-refractivity contribution < 1.29 is 4.79 Å². The molecule has 0 aliphatic rings. The molecule has 2 aromatic carbocycles. The van der Waals surface area contributed by atoms with Crippen molar-refractivity contribution in [1.82, 2.24) is 16.0 Å². The number of guanidine groups is 1. The smallest absolute Gasteiger partial charge is 0.251 e. The first kappa shape index (κ1) is 19.0. The van der Waals surface area contributed by atoms with Gasteiger partial charge in [-0.15, -0.1) is 0 Å². The van der Waals surface area contributed by atoms with Gasteiger partial charge in [0.2, 0.25) is 0 Å². The van der Waals surface area contributed by atoms with E-state index in [1.807, 2.05) is 30.3 Å². The molecular weight excluding hydrogens is 380 g/mol. The van der Waals surface area contributed by atoms with E-state index >= 15 is 0 Å².